The highest BCUT2D eigenvalue weighted by Crippen LogP contribution is 2.34. The van der Waals surface area contributed by atoms with E-state index in [9.17, 15) is 4.79 Å². The summed E-state index contributed by atoms with van der Waals surface area (Å²) in [6.07, 6.45) is 1.67. The van der Waals surface area contributed by atoms with E-state index in [1.165, 1.54) is 0 Å². The molecule has 1 rings (SSSR count). The molecule has 5 nitrogen and oxygen atoms in total. The lowest BCUT2D eigenvalue weighted by atomic mass is 10.1. The number of benzene rings is 1. The zero-order chi connectivity index (χ0) is 14.3. The van der Waals surface area contributed by atoms with Gasteiger partial charge in [0, 0.05) is 12.6 Å². The number of nitrogens with zero attached hydrogens (tertiary/aromatic N) is 1. The first kappa shape index (κ1) is 15.3. The molecule has 0 aliphatic heterocycles. The van der Waals surface area contributed by atoms with E-state index >= 15 is 0 Å². The van der Waals surface area contributed by atoms with Crippen LogP contribution < -0.4 is 14.2 Å². The van der Waals surface area contributed by atoms with Gasteiger partial charge in [0.2, 0.25) is 0 Å². The summed E-state index contributed by atoms with van der Waals surface area (Å²) < 4.78 is 15.9. The first-order chi connectivity index (χ1) is 9.15. The van der Waals surface area contributed by atoms with Crippen LogP contribution in [-0.2, 0) is 11.2 Å². The Bertz CT molecular complexity index is 420. The van der Waals surface area contributed by atoms with Gasteiger partial charge in [-0.15, -0.1) is 0 Å². The third kappa shape index (κ3) is 4.13. The van der Waals surface area contributed by atoms with Crippen molar-refractivity contribution in [1.29, 1.82) is 0 Å². The van der Waals surface area contributed by atoms with Crippen LogP contribution in [0.15, 0.2) is 12.1 Å². The van der Waals surface area contributed by atoms with Crippen LogP contribution in [0.5, 0.6) is 17.2 Å². The number of carbonyl (C=O) groups is 1. The number of likely N-dealkylation sites (N-methyl/N-ethyl adjacent to an activating group) is 1. The summed E-state index contributed by atoms with van der Waals surface area (Å²) in [5.74, 6) is 2.08. The number of hydrogen-bond donors (Lipinski definition) is 0. The molecule has 5 heteroatoms. The summed E-state index contributed by atoms with van der Waals surface area (Å²) in [6, 6.07) is 3.72. The van der Waals surface area contributed by atoms with Gasteiger partial charge in [-0.05, 0) is 25.1 Å². The number of rotatable bonds is 8. The van der Waals surface area contributed by atoms with Crippen molar-refractivity contribution in [2.75, 3.05) is 41.5 Å². The van der Waals surface area contributed by atoms with Gasteiger partial charge in [-0.3, -0.25) is 4.90 Å². The van der Waals surface area contributed by atoms with Gasteiger partial charge >= 0.3 is 0 Å². The molecule has 0 N–H and O–H groups in total. The van der Waals surface area contributed by atoms with E-state index in [4.69, 9.17) is 14.2 Å². The predicted octanol–water partition coefficient (Wildman–Crippen LogP) is 1.39. The average molecular weight is 267 g/mol. The van der Waals surface area contributed by atoms with Crippen molar-refractivity contribution in [3.05, 3.63) is 17.7 Å². The van der Waals surface area contributed by atoms with E-state index < -0.39 is 0 Å². The molecule has 0 fully saturated rings. The van der Waals surface area contributed by atoms with Crippen molar-refractivity contribution in [1.82, 2.24) is 4.90 Å². The first-order valence-corrected chi connectivity index (χ1v) is 6.07. The van der Waals surface area contributed by atoms with Crippen molar-refractivity contribution in [2.45, 2.75) is 6.42 Å². The quantitative estimate of drug-likeness (QED) is 0.666. The second-order valence-corrected chi connectivity index (χ2v) is 4.20. The minimum atomic E-state index is 0.426. The zero-order valence-electron chi connectivity index (χ0n) is 11.9. The highest BCUT2D eigenvalue weighted by atomic mass is 16.5. The Kier molecular flexibility index (Phi) is 6.15. The molecular formula is C14H21NO4. The fourth-order valence-electron chi connectivity index (χ4n) is 1.82. The molecule has 1 aromatic rings. The fourth-order valence-corrected chi connectivity index (χ4v) is 1.82. The van der Waals surface area contributed by atoms with Gasteiger partial charge in [0.1, 0.15) is 12.0 Å². The second-order valence-electron chi connectivity index (χ2n) is 4.20. The van der Waals surface area contributed by atoms with Gasteiger partial charge in [-0.1, -0.05) is 0 Å². The minimum absolute atomic E-state index is 0.426. The fraction of sp³-hybridized carbons (Fsp3) is 0.500. The molecule has 0 bridgehead atoms. The third-order valence-electron chi connectivity index (χ3n) is 2.94. The van der Waals surface area contributed by atoms with Gasteiger partial charge in [0.15, 0.2) is 11.5 Å². The van der Waals surface area contributed by atoms with Gasteiger partial charge in [-0.2, -0.15) is 0 Å². The molecular weight excluding hydrogens is 246 g/mol. The highest BCUT2D eigenvalue weighted by molar-refractivity contribution is 5.52. The summed E-state index contributed by atoms with van der Waals surface area (Å²) in [5.41, 5.74) is 1.03. The molecule has 0 amide bonds. The Morgan fingerprint density at radius 2 is 1.63 bits per heavy atom. The van der Waals surface area contributed by atoms with E-state index in [1.54, 1.807) is 21.3 Å². The second kappa shape index (κ2) is 7.63. The molecule has 0 aliphatic carbocycles. The highest BCUT2D eigenvalue weighted by Gasteiger charge is 2.12. The molecule has 0 spiro atoms. The summed E-state index contributed by atoms with van der Waals surface area (Å²) >= 11 is 0. The molecule has 19 heavy (non-hydrogen) atoms. The summed E-state index contributed by atoms with van der Waals surface area (Å²) in [4.78, 5) is 12.4. The lowest BCUT2D eigenvalue weighted by Crippen LogP contribution is -2.23. The van der Waals surface area contributed by atoms with E-state index in [-0.39, 0.29) is 0 Å². The van der Waals surface area contributed by atoms with Crippen LogP contribution in [0.25, 0.3) is 0 Å². The maximum atomic E-state index is 10.4. The van der Waals surface area contributed by atoms with Crippen LogP contribution >= 0.6 is 0 Å². The standard InChI is InChI=1S/C14H21NO4/c1-15(7-8-16)6-5-11-9-13(18-3)14(19-4)10-12(11)17-2/h8-10H,5-7H2,1-4H3. The molecule has 0 saturated carbocycles. The number of methoxy groups -OCH3 is 3. The largest absolute Gasteiger partial charge is 0.496 e. The maximum Gasteiger partial charge on any atom is 0.164 e. The zero-order valence-corrected chi connectivity index (χ0v) is 11.9. The van der Waals surface area contributed by atoms with Gasteiger partial charge < -0.3 is 19.0 Å². The van der Waals surface area contributed by atoms with Crippen LogP contribution in [0.4, 0.5) is 0 Å². The third-order valence-corrected chi connectivity index (χ3v) is 2.94. The van der Waals surface area contributed by atoms with Crippen LogP contribution in [0.1, 0.15) is 5.56 Å². The molecule has 0 aromatic heterocycles. The van der Waals surface area contributed by atoms with Gasteiger partial charge in [0.25, 0.3) is 0 Å². The van der Waals surface area contributed by atoms with E-state index in [2.05, 4.69) is 0 Å². The molecule has 0 atom stereocenters. The molecule has 0 saturated heterocycles. The lowest BCUT2D eigenvalue weighted by molar-refractivity contribution is -0.108. The van der Waals surface area contributed by atoms with Crippen LogP contribution in [0.3, 0.4) is 0 Å². The lowest BCUT2D eigenvalue weighted by Gasteiger charge is -2.17. The van der Waals surface area contributed by atoms with E-state index in [0.29, 0.717) is 18.0 Å². The molecule has 0 unspecified atom stereocenters. The number of carbonyl (C=O) groups excluding carboxylic acids is 1. The van der Waals surface area contributed by atoms with Crippen molar-refractivity contribution in [2.24, 2.45) is 0 Å². The molecule has 0 heterocycles. The Morgan fingerprint density at radius 1 is 1.05 bits per heavy atom. The van der Waals surface area contributed by atoms with E-state index in [1.807, 2.05) is 24.1 Å². The minimum Gasteiger partial charge on any atom is -0.496 e. The average Bonchev–Trinajstić information content (AvgIpc) is 2.44. The van der Waals surface area contributed by atoms with E-state index in [0.717, 1.165) is 30.6 Å². The maximum absolute atomic E-state index is 10.4. The summed E-state index contributed by atoms with van der Waals surface area (Å²) in [7, 11) is 6.73. The van der Waals surface area contributed by atoms with Crippen molar-refractivity contribution in [3.63, 3.8) is 0 Å². The van der Waals surface area contributed by atoms with Gasteiger partial charge in [-0.25, -0.2) is 0 Å². The topological polar surface area (TPSA) is 48.0 Å². The predicted molar refractivity (Wildman–Crippen MR) is 73.4 cm³/mol. The molecule has 106 valence electrons. The molecule has 0 aliphatic rings. The Balaban J connectivity index is 2.89. The number of aldehydes is 1. The van der Waals surface area contributed by atoms with Crippen LogP contribution in [0, 0.1) is 0 Å². The Morgan fingerprint density at radius 3 is 2.16 bits per heavy atom. The first-order valence-electron chi connectivity index (χ1n) is 6.07. The Hall–Kier alpha value is -1.75. The van der Waals surface area contributed by atoms with Gasteiger partial charge in [0.05, 0.1) is 27.9 Å². The van der Waals surface area contributed by atoms with Crippen molar-refractivity contribution in [3.8, 4) is 17.2 Å². The summed E-state index contributed by atoms with van der Waals surface area (Å²) in [5, 5.41) is 0. The SMILES string of the molecule is COc1cc(OC)c(OC)cc1CCN(C)CC=O. The molecule has 1 aromatic carbocycles. The van der Waals surface area contributed by atoms with Crippen molar-refractivity contribution < 1.29 is 19.0 Å². The number of ether oxygens (including phenoxy) is 3. The van der Waals surface area contributed by atoms with Crippen LogP contribution in [0.2, 0.25) is 0 Å². The number of hydrogen-bond acceptors (Lipinski definition) is 5. The summed E-state index contributed by atoms with van der Waals surface area (Å²) in [6.45, 7) is 1.19. The monoisotopic (exact) mass is 267 g/mol. The smallest absolute Gasteiger partial charge is 0.164 e. The Labute approximate surface area is 114 Å². The normalized spacial score (nSPS) is 10.4. The van der Waals surface area contributed by atoms with Crippen molar-refractivity contribution >= 4 is 6.29 Å². The molecule has 0 radical (unpaired) electrons. The van der Waals surface area contributed by atoms with Crippen LogP contribution in [-0.4, -0.2) is 52.7 Å².